The highest BCUT2D eigenvalue weighted by molar-refractivity contribution is 5.83. The van der Waals surface area contributed by atoms with E-state index in [9.17, 15) is 14.3 Å². The summed E-state index contributed by atoms with van der Waals surface area (Å²) < 4.78 is 33.7. The maximum atomic E-state index is 15.6. The molecule has 3 nitrogen and oxygen atoms in total. The number of halogens is 2. The lowest BCUT2D eigenvalue weighted by atomic mass is 9.75. The lowest BCUT2D eigenvalue weighted by molar-refractivity contribution is -0.137. The molecule has 5 rings (SSSR count). The molecule has 2 unspecified atom stereocenters. The summed E-state index contributed by atoms with van der Waals surface area (Å²) in [6, 6.07) is 19.3. The fraction of sp³-hybridized carbons (Fsp3) is 0.387. The molecule has 1 N–H and O–H groups in total. The van der Waals surface area contributed by atoms with Gasteiger partial charge in [0.1, 0.15) is 0 Å². The molecule has 0 spiro atoms. The standard InChI is InChI=1S/C31H32F2O3/c1-19(34)21-6-8-22(9-7-21)23-10-12-24(13-11-23)27-15-14-26-18-28(31(35)36-30(26)29(27)33)25-4-2-20(3-5-25)16-17-32/h2-9,14-15,19,23-24,28,34H,10-13,16-18H2,1H3. The van der Waals surface area contributed by atoms with Gasteiger partial charge in [-0.2, -0.15) is 0 Å². The molecule has 1 aliphatic heterocycles. The summed E-state index contributed by atoms with van der Waals surface area (Å²) in [5.41, 5.74) is 5.21. The van der Waals surface area contributed by atoms with Crippen molar-refractivity contribution in [2.24, 2.45) is 0 Å². The summed E-state index contributed by atoms with van der Waals surface area (Å²) in [4.78, 5) is 12.8. The molecule has 0 amide bonds. The minimum absolute atomic E-state index is 0.0821. The second-order valence-electron chi connectivity index (χ2n) is 10.2. The van der Waals surface area contributed by atoms with Gasteiger partial charge < -0.3 is 9.84 Å². The van der Waals surface area contributed by atoms with Crippen molar-refractivity contribution in [3.8, 4) is 5.75 Å². The Balaban J connectivity index is 1.28. The number of ether oxygens (including phenoxy) is 1. The first kappa shape index (κ1) is 24.6. The Hall–Kier alpha value is -3.05. The minimum Gasteiger partial charge on any atom is -0.423 e. The minimum atomic E-state index is -0.488. The van der Waals surface area contributed by atoms with Crippen LogP contribution in [0.2, 0.25) is 0 Å². The molecule has 3 aromatic carbocycles. The number of hydrogen-bond donors (Lipinski definition) is 1. The third-order valence-corrected chi connectivity index (χ3v) is 7.94. The number of fused-ring (bicyclic) bond motifs is 1. The zero-order chi connectivity index (χ0) is 25.2. The molecule has 3 aromatic rings. The van der Waals surface area contributed by atoms with Crippen LogP contribution in [0, 0.1) is 5.82 Å². The Morgan fingerprint density at radius 1 is 0.917 bits per heavy atom. The van der Waals surface area contributed by atoms with Crippen LogP contribution in [0.3, 0.4) is 0 Å². The van der Waals surface area contributed by atoms with E-state index in [1.165, 1.54) is 5.56 Å². The van der Waals surface area contributed by atoms with Gasteiger partial charge in [-0.3, -0.25) is 9.18 Å². The van der Waals surface area contributed by atoms with E-state index in [0.717, 1.165) is 42.4 Å². The third-order valence-electron chi connectivity index (χ3n) is 7.94. The summed E-state index contributed by atoms with van der Waals surface area (Å²) >= 11 is 0. The van der Waals surface area contributed by atoms with Gasteiger partial charge in [0.15, 0.2) is 11.6 Å². The maximum absolute atomic E-state index is 15.6. The number of benzene rings is 3. The second-order valence-corrected chi connectivity index (χ2v) is 10.2. The van der Waals surface area contributed by atoms with Crippen LogP contribution in [-0.2, 0) is 17.6 Å². The van der Waals surface area contributed by atoms with E-state index >= 15 is 4.39 Å². The predicted octanol–water partition coefficient (Wildman–Crippen LogP) is 7.08. The molecule has 5 heteroatoms. The lowest BCUT2D eigenvalue weighted by Gasteiger charge is -2.31. The molecule has 0 radical (unpaired) electrons. The Kier molecular flexibility index (Phi) is 7.20. The number of hydrogen-bond acceptors (Lipinski definition) is 3. The number of carbonyl (C=O) groups is 1. The Morgan fingerprint density at radius 3 is 2.19 bits per heavy atom. The highest BCUT2D eigenvalue weighted by Crippen LogP contribution is 2.44. The zero-order valence-electron chi connectivity index (χ0n) is 20.6. The van der Waals surface area contributed by atoms with Crippen LogP contribution in [0.1, 0.15) is 89.8 Å². The summed E-state index contributed by atoms with van der Waals surface area (Å²) in [5, 5.41) is 9.73. The molecule has 36 heavy (non-hydrogen) atoms. The fourth-order valence-corrected chi connectivity index (χ4v) is 5.74. The van der Waals surface area contributed by atoms with Gasteiger partial charge >= 0.3 is 5.97 Å². The van der Waals surface area contributed by atoms with Crippen molar-refractivity contribution in [3.05, 3.63) is 99.9 Å². The van der Waals surface area contributed by atoms with E-state index in [1.807, 2.05) is 48.5 Å². The van der Waals surface area contributed by atoms with Gasteiger partial charge in [-0.05, 0) is 84.2 Å². The Labute approximate surface area is 211 Å². The van der Waals surface area contributed by atoms with Crippen LogP contribution >= 0.6 is 0 Å². The van der Waals surface area contributed by atoms with E-state index in [1.54, 1.807) is 6.92 Å². The number of aliphatic hydroxyl groups excluding tert-OH is 1. The van der Waals surface area contributed by atoms with Gasteiger partial charge in [0.05, 0.1) is 18.7 Å². The SMILES string of the molecule is CC(O)c1ccc(C2CCC(c3ccc4c(c3F)OC(=O)C(c3ccc(CCF)cc3)C4)CC2)cc1. The molecule has 1 fully saturated rings. The van der Waals surface area contributed by atoms with Gasteiger partial charge in [0.25, 0.3) is 0 Å². The number of aryl methyl sites for hydroxylation is 1. The van der Waals surface area contributed by atoms with Crippen molar-refractivity contribution in [2.75, 3.05) is 6.67 Å². The topological polar surface area (TPSA) is 46.5 Å². The predicted molar refractivity (Wildman–Crippen MR) is 136 cm³/mol. The van der Waals surface area contributed by atoms with Crippen LogP contribution in [0.5, 0.6) is 5.75 Å². The summed E-state index contributed by atoms with van der Waals surface area (Å²) in [6.07, 6.45) is 3.96. The smallest absolute Gasteiger partial charge is 0.319 e. The third kappa shape index (κ3) is 4.94. The summed E-state index contributed by atoms with van der Waals surface area (Å²) in [7, 11) is 0. The second kappa shape index (κ2) is 10.5. The monoisotopic (exact) mass is 490 g/mol. The molecular weight excluding hydrogens is 458 g/mol. The number of carbonyl (C=O) groups excluding carboxylic acids is 1. The number of alkyl halides is 1. The van der Waals surface area contributed by atoms with E-state index in [4.69, 9.17) is 4.74 Å². The van der Waals surface area contributed by atoms with Gasteiger partial charge in [-0.1, -0.05) is 60.7 Å². The first-order valence-electron chi connectivity index (χ1n) is 12.9. The zero-order valence-corrected chi connectivity index (χ0v) is 20.6. The maximum Gasteiger partial charge on any atom is 0.319 e. The average molecular weight is 491 g/mol. The van der Waals surface area contributed by atoms with Gasteiger partial charge in [-0.15, -0.1) is 0 Å². The highest BCUT2D eigenvalue weighted by atomic mass is 19.1. The molecule has 0 bridgehead atoms. The van der Waals surface area contributed by atoms with Crippen LogP contribution in [0.4, 0.5) is 8.78 Å². The van der Waals surface area contributed by atoms with Crippen LogP contribution < -0.4 is 4.74 Å². The lowest BCUT2D eigenvalue weighted by Crippen LogP contribution is -2.27. The highest BCUT2D eigenvalue weighted by Gasteiger charge is 2.34. The van der Waals surface area contributed by atoms with E-state index in [0.29, 0.717) is 29.9 Å². The fourth-order valence-electron chi connectivity index (χ4n) is 5.74. The molecule has 188 valence electrons. The summed E-state index contributed by atoms with van der Waals surface area (Å²) in [5.74, 6) is -0.720. The largest absolute Gasteiger partial charge is 0.423 e. The van der Waals surface area contributed by atoms with Crippen molar-refractivity contribution in [2.45, 2.75) is 69.3 Å². The summed E-state index contributed by atoms with van der Waals surface area (Å²) in [6.45, 7) is 1.34. The van der Waals surface area contributed by atoms with Crippen molar-refractivity contribution < 1.29 is 23.4 Å². The van der Waals surface area contributed by atoms with Gasteiger partial charge in [-0.25, -0.2) is 4.39 Å². The van der Waals surface area contributed by atoms with Crippen molar-refractivity contribution >= 4 is 5.97 Å². The van der Waals surface area contributed by atoms with E-state index in [-0.39, 0.29) is 11.7 Å². The molecule has 0 saturated heterocycles. The van der Waals surface area contributed by atoms with Crippen molar-refractivity contribution in [1.29, 1.82) is 0 Å². The molecule has 2 atom stereocenters. The molecule has 1 aliphatic carbocycles. The Morgan fingerprint density at radius 2 is 1.56 bits per heavy atom. The quantitative estimate of drug-likeness (QED) is 0.297. The van der Waals surface area contributed by atoms with E-state index < -0.39 is 30.5 Å². The van der Waals surface area contributed by atoms with Crippen molar-refractivity contribution in [3.63, 3.8) is 0 Å². The number of esters is 1. The van der Waals surface area contributed by atoms with Crippen LogP contribution in [0.15, 0.2) is 60.7 Å². The number of aliphatic hydroxyl groups is 1. The van der Waals surface area contributed by atoms with Crippen LogP contribution in [0.25, 0.3) is 0 Å². The molecule has 1 heterocycles. The van der Waals surface area contributed by atoms with Gasteiger partial charge in [0.2, 0.25) is 0 Å². The number of rotatable bonds is 6. The first-order valence-corrected chi connectivity index (χ1v) is 12.9. The van der Waals surface area contributed by atoms with Crippen LogP contribution in [-0.4, -0.2) is 17.8 Å². The van der Waals surface area contributed by atoms with Crippen molar-refractivity contribution in [1.82, 2.24) is 0 Å². The average Bonchev–Trinajstić information content (AvgIpc) is 2.90. The van der Waals surface area contributed by atoms with E-state index in [2.05, 4.69) is 12.1 Å². The Bertz CT molecular complexity index is 1210. The molecule has 0 aromatic heterocycles. The van der Waals surface area contributed by atoms with Gasteiger partial charge in [0, 0.05) is 6.42 Å². The normalized spacial score (nSPS) is 22.6. The molecule has 1 saturated carbocycles. The molecular formula is C31H32F2O3. The first-order chi connectivity index (χ1) is 17.4. The molecule has 2 aliphatic rings.